The fourth-order valence-electron chi connectivity index (χ4n) is 4.68. The molecule has 1 atom stereocenters. The molecule has 0 spiro atoms. The monoisotopic (exact) mass is 472 g/mol. The highest BCUT2D eigenvalue weighted by Gasteiger charge is 2.30. The number of methoxy groups -OCH3 is 2. The molecule has 5 rings (SSSR count). The maximum absolute atomic E-state index is 5.77. The third-order valence-corrected chi connectivity index (χ3v) is 6.60. The average Bonchev–Trinajstić information content (AvgIpc) is 3.48. The highest BCUT2D eigenvalue weighted by atomic mass is 16.5. The molecule has 4 heterocycles. The molecule has 0 amide bonds. The number of aryl methyl sites for hydroxylation is 2. The van der Waals surface area contributed by atoms with E-state index >= 15 is 0 Å². The second-order valence-corrected chi connectivity index (χ2v) is 10.1. The van der Waals surface area contributed by atoms with Crippen molar-refractivity contribution in [1.29, 1.82) is 0 Å². The summed E-state index contributed by atoms with van der Waals surface area (Å²) in [4.78, 5) is 14.0. The summed E-state index contributed by atoms with van der Waals surface area (Å²) in [6.45, 7) is 9.48. The van der Waals surface area contributed by atoms with Crippen LogP contribution in [0.2, 0.25) is 0 Å². The number of nitrogens with zero attached hydrogens (tertiary/aromatic N) is 6. The van der Waals surface area contributed by atoms with Crippen LogP contribution in [0, 0.1) is 6.92 Å². The summed E-state index contributed by atoms with van der Waals surface area (Å²) in [5.74, 6) is 3.05. The Bertz CT molecular complexity index is 1360. The van der Waals surface area contributed by atoms with Gasteiger partial charge in [0.05, 0.1) is 26.2 Å². The molecule has 8 heteroatoms. The van der Waals surface area contributed by atoms with Crippen LogP contribution in [-0.2, 0) is 12.0 Å². The van der Waals surface area contributed by atoms with Crippen LogP contribution in [0.5, 0.6) is 11.6 Å². The Morgan fingerprint density at radius 2 is 1.86 bits per heavy atom. The largest absolute Gasteiger partial charge is 0.496 e. The van der Waals surface area contributed by atoms with E-state index in [4.69, 9.17) is 24.5 Å². The Kier molecular flexibility index (Phi) is 5.83. The normalized spacial score (nSPS) is 15.7. The first-order valence-corrected chi connectivity index (χ1v) is 12.0. The smallest absolute Gasteiger partial charge is 0.238 e. The first-order chi connectivity index (χ1) is 16.8. The fraction of sp³-hybridized carbons (Fsp3) is 0.407. The van der Waals surface area contributed by atoms with Crippen LogP contribution in [-0.4, -0.2) is 43.5 Å². The van der Waals surface area contributed by atoms with E-state index in [0.29, 0.717) is 17.4 Å². The molecule has 0 saturated carbocycles. The Labute approximate surface area is 206 Å². The van der Waals surface area contributed by atoms with Crippen LogP contribution in [0.15, 0.2) is 42.9 Å². The van der Waals surface area contributed by atoms with Crippen LogP contribution < -0.4 is 9.47 Å². The van der Waals surface area contributed by atoms with Gasteiger partial charge in [0.25, 0.3) is 0 Å². The Hall–Kier alpha value is -3.68. The first kappa shape index (κ1) is 23.1. The minimum absolute atomic E-state index is 0.0461. The van der Waals surface area contributed by atoms with Gasteiger partial charge in [0.15, 0.2) is 5.82 Å². The van der Waals surface area contributed by atoms with E-state index in [-0.39, 0.29) is 11.3 Å². The van der Waals surface area contributed by atoms with Gasteiger partial charge in [-0.2, -0.15) is 0 Å². The molecule has 0 saturated heterocycles. The standard InChI is InChI=1S/C27H32N6O2/c1-17-15-32(16-28-17)22-11-10-21(29-26(22)35-6)24-30-25-19(8-7-13-33(25)31-24)20-14-18(27(2,3)4)9-12-23(20)34-5/h9-12,14-16,19H,7-8,13H2,1-6H3/t19-/m1/s1. The molecular weight excluding hydrogens is 440 g/mol. The van der Waals surface area contributed by atoms with Gasteiger partial charge >= 0.3 is 0 Å². The number of benzene rings is 1. The maximum atomic E-state index is 5.77. The summed E-state index contributed by atoms with van der Waals surface area (Å²) in [5, 5.41) is 4.83. The lowest BCUT2D eigenvalue weighted by Crippen LogP contribution is -2.19. The minimum atomic E-state index is 0.0461. The molecule has 0 bridgehead atoms. The third-order valence-electron chi connectivity index (χ3n) is 6.60. The Balaban J connectivity index is 1.55. The van der Waals surface area contributed by atoms with Crippen molar-refractivity contribution < 1.29 is 9.47 Å². The van der Waals surface area contributed by atoms with Crippen LogP contribution in [0.4, 0.5) is 0 Å². The second-order valence-electron chi connectivity index (χ2n) is 10.1. The summed E-state index contributed by atoms with van der Waals surface area (Å²) < 4.78 is 15.3. The molecule has 1 aromatic carbocycles. The van der Waals surface area contributed by atoms with Gasteiger partial charge in [0.2, 0.25) is 5.88 Å². The summed E-state index contributed by atoms with van der Waals surface area (Å²) in [7, 11) is 3.35. The van der Waals surface area contributed by atoms with Crippen molar-refractivity contribution >= 4 is 0 Å². The van der Waals surface area contributed by atoms with Gasteiger partial charge in [-0.25, -0.2) is 19.6 Å². The number of pyridine rings is 1. The third kappa shape index (κ3) is 4.29. The zero-order valence-corrected chi connectivity index (χ0v) is 21.2. The van der Waals surface area contributed by atoms with Gasteiger partial charge in [-0.15, -0.1) is 5.10 Å². The highest BCUT2D eigenvalue weighted by Crippen LogP contribution is 2.40. The zero-order valence-electron chi connectivity index (χ0n) is 21.2. The number of hydrogen-bond acceptors (Lipinski definition) is 6. The summed E-state index contributed by atoms with van der Waals surface area (Å²) in [6, 6.07) is 10.4. The average molecular weight is 473 g/mol. The summed E-state index contributed by atoms with van der Waals surface area (Å²) in [5.41, 5.74) is 4.92. The van der Waals surface area contributed by atoms with Gasteiger partial charge in [0, 0.05) is 24.2 Å². The predicted molar refractivity (Wildman–Crippen MR) is 134 cm³/mol. The van der Waals surface area contributed by atoms with E-state index in [0.717, 1.165) is 47.9 Å². The maximum Gasteiger partial charge on any atom is 0.238 e. The summed E-state index contributed by atoms with van der Waals surface area (Å²) in [6.07, 6.45) is 5.72. The van der Waals surface area contributed by atoms with Crippen molar-refractivity contribution in [3.8, 4) is 28.8 Å². The number of fused-ring (bicyclic) bond motifs is 1. The van der Waals surface area contributed by atoms with Gasteiger partial charge in [-0.3, -0.25) is 0 Å². The van der Waals surface area contributed by atoms with Crippen LogP contribution in [0.3, 0.4) is 0 Å². The van der Waals surface area contributed by atoms with E-state index in [1.54, 1.807) is 20.5 Å². The second kappa shape index (κ2) is 8.83. The molecule has 0 radical (unpaired) electrons. The molecule has 0 N–H and O–H groups in total. The van der Waals surface area contributed by atoms with E-state index in [9.17, 15) is 0 Å². The van der Waals surface area contributed by atoms with Crippen molar-refractivity contribution in [3.63, 3.8) is 0 Å². The molecule has 0 aliphatic carbocycles. The van der Waals surface area contributed by atoms with Crippen molar-refractivity contribution in [3.05, 3.63) is 65.5 Å². The molecule has 4 aromatic rings. The number of ether oxygens (including phenoxy) is 2. The van der Waals surface area contributed by atoms with Gasteiger partial charge in [0.1, 0.15) is 23.0 Å². The molecule has 0 unspecified atom stereocenters. The molecule has 1 aliphatic heterocycles. The summed E-state index contributed by atoms with van der Waals surface area (Å²) >= 11 is 0. The lowest BCUT2D eigenvalue weighted by atomic mass is 9.82. The molecular formula is C27H32N6O2. The van der Waals surface area contributed by atoms with Crippen molar-refractivity contribution in [2.75, 3.05) is 14.2 Å². The number of rotatable bonds is 5. The number of aromatic nitrogens is 6. The van der Waals surface area contributed by atoms with E-state index < -0.39 is 0 Å². The van der Waals surface area contributed by atoms with Crippen molar-refractivity contribution in [1.82, 2.24) is 29.3 Å². The Morgan fingerprint density at radius 3 is 2.54 bits per heavy atom. The van der Waals surface area contributed by atoms with Crippen molar-refractivity contribution in [2.45, 2.75) is 58.4 Å². The van der Waals surface area contributed by atoms with Crippen molar-refractivity contribution in [2.24, 2.45) is 0 Å². The van der Waals surface area contributed by atoms with Crippen LogP contribution in [0.25, 0.3) is 17.2 Å². The SMILES string of the molecule is COc1ccc(C(C)(C)C)cc1[C@H]1CCCn2nc(-c3ccc(-n4cnc(C)c4)c(OC)n3)nc21. The van der Waals surface area contributed by atoms with E-state index in [1.807, 2.05) is 34.5 Å². The first-order valence-electron chi connectivity index (χ1n) is 12.0. The Morgan fingerprint density at radius 1 is 1.03 bits per heavy atom. The minimum Gasteiger partial charge on any atom is -0.496 e. The van der Waals surface area contributed by atoms with Gasteiger partial charge < -0.3 is 14.0 Å². The lowest BCUT2D eigenvalue weighted by Gasteiger charge is -2.27. The zero-order chi connectivity index (χ0) is 24.7. The van der Waals surface area contributed by atoms with Gasteiger partial charge in [-0.05, 0) is 48.9 Å². The number of hydrogen-bond donors (Lipinski definition) is 0. The predicted octanol–water partition coefficient (Wildman–Crippen LogP) is 5.07. The molecule has 0 fully saturated rings. The number of imidazole rings is 1. The van der Waals surface area contributed by atoms with E-state index in [1.165, 1.54) is 5.56 Å². The fourth-order valence-corrected chi connectivity index (χ4v) is 4.68. The quantitative estimate of drug-likeness (QED) is 0.403. The molecule has 35 heavy (non-hydrogen) atoms. The van der Waals surface area contributed by atoms with Crippen LogP contribution in [0.1, 0.15) is 62.2 Å². The highest BCUT2D eigenvalue weighted by molar-refractivity contribution is 5.56. The molecule has 8 nitrogen and oxygen atoms in total. The van der Waals surface area contributed by atoms with Crippen LogP contribution >= 0.6 is 0 Å². The van der Waals surface area contributed by atoms with E-state index in [2.05, 4.69) is 44.0 Å². The lowest BCUT2D eigenvalue weighted by molar-refractivity contribution is 0.393. The molecule has 3 aromatic heterocycles. The van der Waals surface area contributed by atoms with Gasteiger partial charge in [-0.1, -0.05) is 32.9 Å². The molecule has 1 aliphatic rings. The topological polar surface area (TPSA) is 79.9 Å². The molecule has 182 valence electrons.